The van der Waals surface area contributed by atoms with Crippen LogP contribution in [0.4, 0.5) is 0 Å². The van der Waals surface area contributed by atoms with Gasteiger partial charge in [0, 0.05) is 0 Å². The van der Waals surface area contributed by atoms with Crippen molar-refractivity contribution in [3.63, 3.8) is 0 Å². The van der Waals surface area contributed by atoms with Gasteiger partial charge in [-0.25, -0.2) is 9.13 Å². The number of unbranched alkanes of at least 4 members (excludes halogenated alkanes) is 1. The maximum absolute atomic E-state index is 9.98. The van der Waals surface area contributed by atoms with Crippen LogP contribution in [0.2, 0.25) is 0 Å². The molecule has 0 saturated carbocycles. The quantitative estimate of drug-likeness (QED) is 0.346. The number of phosphoric acid groups is 2. The molecule has 0 aliphatic heterocycles. The van der Waals surface area contributed by atoms with Gasteiger partial charge >= 0.3 is 15.6 Å². The Balaban J connectivity index is 0. The van der Waals surface area contributed by atoms with Gasteiger partial charge < -0.3 is 24.5 Å². The third-order valence-electron chi connectivity index (χ3n) is 0.757. The molecule has 0 spiro atoms. The maximum atomic E-state index is 9.98. The molecule has 10 heteroatoms. The lowest BCUT2D eigenvalue weighted by Gasteiger charge is -2.02. The van der Waals surface area contributed by atoms with E-state index in [0.29, 0.717) is 6.42 Å². The highest BCUT2D eigenvalue weighted by Gasteiger charge is 2.11. The molecule has 0 atom stereocenters. The third-order valence-corrected chi connectivity index (χ3v) is 1.28. The number of hydrogen-bond acceptors (Lipinski definition) is 3. The Morgan fingerprint density at radius 1 is 1.07 bits per heavy atom. The molecule has 88 valence electrons. The molecule has 0 aromatic carbocycles. The highest BCUT2D eigenvalue weighted by molar-refractivity contribution is 7.46. The fourth-order valence-corrected chi connectivity index (χ4v) is 0.695. The molecule has 0 rings (SSSR count). The molecular weight excluding hydrogens is 238 g/mol. The molecule has 0 aliphatic rings. The van der Waals surface area contributed by atoms with Gasteiger partial charge in [0.15, 0.2) is 0 Å². The van der Waals surface area contributed by atoms with Gasteiger partial charge in [-0.05, 0) is 6.42 Å². The lowest BCUT2D eigenvalue weighted by atomic mass is 10.4. The maximum Gasteiger partial charge on any atom is 0.469 e. The van der Waals surface area contributed by atoms with E-state index in [4.69, 9.17) is 29.0 Å². The lowest BCUT2D eigenvalue weighted by molar-refractivity contribution is 0.194. The Hall–Kier alpha value is 0.220. The Labute approximate surface area is 81.0 Å². The highest BCUT2D eigenvalue weighted by Crippen LogP contribution is 2.35. The molecule has 0 fully saturated rings. The molecule has 0 unspecified atom stereocenters. The van der Waals surface area contributed by atoms with Gasteiger partial charge in [0.2, 0.25) is 0 Å². The highest BCUT2D eigenvalue weighted by atomic mass is 31.2. The van der Waals surface area contributed by atoms with E-state index in [0.717, 1.165) is 6.42 Å². The van der Waals surface area contributed by atoms with Crippen molar-refractivity contribution in [3.8, 4) is 0 Å². The minimum Gasteiger partial charge on any atom is -0.303 e. The van der Waals surface area contributed by atoms with Crippen molar-refractivity contribution in [2.45, 2.75) is 19.8 Å². The summed E-state index contributed by atoms with van der Waals surface area (Å²) in [5.74, 6) is 0. The topological polar surface area (TPSA) is 145 Å². The van der Waals surface area contributed by atoms with E-state index < -0.39 is 15.6 Å². The predicted octanol–water partition coefficient (Wildman–Crippen LogP) is -0.0328. The van der Waals surface area contributed by atoms with Crippen molar-refractivity contribution in [1.29, 1.82) is 0 Å². The van der Waals surface area contributed by atoms with Crippen LogP contribution in [-0.4, -0.2) is 31.1 Å². The number of hydrogen-bond donors (Lipinski definition) is 5. The monoisotopic (exact) mass is 252 g/mol. The minimum absolute atomic E-state index is 0.140. The largest absolute Gasteiger partial charge is 0.469 e. The fraction of sp³-hybridized carbons (Fsp3) is 1.00. The van der Waals surface area contributed by atoms with Crippen LogP contribution in [0.5, 0.6) is 0 Å². The first-order chi connectivity index (χ1) is 6.06. The first kappa shape index (κ1) is 16.6. The molecule has 5 N–H and O–H groups in total. The summed E-state index contributed by atoms with van der Waals surface area (Å²) >= 11 is 0. The summed E-state index contributed by atoms with van der Waals surface area (Å²) in [5.41, 5.74) is 0. The second-order valence-corrected chi connectivity index (χ2v) is 4.46. The summed E-state index contributed by atoms with van der Waals surface area (Å²) in [6.07, 6.45) is 1.56. The zero-order valence-corrected chi connectivity index (χ0v) is 9.27. The van der Waals surface area contributed by atoms with Crippen molar-refractivity contribution < 1.29 is 38.1 Å². The Bertz CT molecular complexity index is 207. The van der Waals surface area contributed by atoms with Crippen LogP contribution in [-0.2, 0) is 13.7 Å². The van der Waals surface area contributed by atoms with Crippen molar-refractivity contribution in [2.24, 2.45) is 0 Å². The summed E-state index contributed by atoms with van der Waals surface area (Å²) in [6.45, 7) is 2.06. The van der Waals surface area contributed by atoms with E-state index in [2.05, 4.69) is 4.52 Å². The van der Waals surface area contributed by atoms with Gasteiger partial charge in [-0.15, -0.1) is 0 Å². The van der Waals surface area contributed by atoms with E-state index in [1.165, 1.54) is 0 Å². The summed E-state index contributed by atoms with van der Waals surface area (Å²) in [6, 6.07) is 0. The molecule has 0 saturated heterocycles. The minimum atomic E-state index is -4.64. The number of phosphoric ester groups is 1. The van der Waals surface area contributed by atoms with Crippen molar-refractivity contribution in [3.05, 3.63) is 0 Å². The summed E-state index contributed by atoms with van der Waals surface area (Å²) in [5, 5.41) is 0. The second-order valence-electron chi connectivity index (χ2n) is 2.19. The van der Waals surface area contributed by atoms with Gasteiger partial charge in [0.1, 0.15) is 0 Å². The van der Waals surface area contributed by atoms with Crippen molar-refractivity contribution >= 4 is 15.6 Å². The van der Waals surface area contributed by atoms with Crippen LogP contribution in [0.3, 0.4) is 0 Å². The molecule has 14 heavy (non-hydrogen) atoms. The summed E-state index contributed by atoms with van der Waals surface area (Å²) in [7, 11) is -8.83. The third kappa shape index (κ3) is 39.8. The lowest BCUT2D eigenvalue weighted by Crippen LogP contribution is -1.90. The number of rotatable bonds is 4. The molecule has 0 aromatic rings. The van der Waals surface area contributed by atoms with Crippen LogP contribution < -0.4 is 0 Å². The Morgan fingerprint density at radius 2 is 1.43 bits per heavy atom. The summed E-state index contributed by atoms with van der Waals surface area (Å²) < 4.78 is 23.0. The molecule has 0 radical (unpaired) electrons. The zero-order valence-electron chi connectivity index (χ0n) is 7.48. The van der Waals surface area contributed by atoms with Gasteiger partial charge in [-0.1, -0.05) is 13.3 Å². The van der Waals surface area contributed by atoms with Crippen molar-refractivity contribution in [2.75, 3.05) is 6.61 Å². The first-order valence-corrected chi connectivity index (χ1v) is 6.64. The summed E-state index contributed by atoms with van der Waals surface area (Å²) in [4.78, 5) is 37.8. The molecule has 0 aliphatic carbocycles. The van der Waals surface area contributed by atoms with Crippen LogP contribution >= 0.6 is 15.6 Å². The average Bonchev–Trinajstić information content (AvgIpc) is 1.80. The normalized spacial score (nSPS) is 11.9. The van der Waals surface area contributed by atoms with Crippen molar-refractivity contribution in [1.82, 2.24) is 0 Å². The molecular formula is C4H14O8P2. The zero-order chi connectivity index (χ0) is 11.8. The fourth-order valence-electron chi connectivity index (χ4n) is 0.328. The van der Waals surface area contributed by atoms with E-state index in [1.54, 1.807) is 0 Å². The SMILES string of the molecule is CCCCOP(=O)(O)O.O=P(O)(O)O. The molecule has 0 bridgehead atoms. The Kier molecular flexibility index (Phi) is 8.92. The average molecular weight is 252 g/mol. The standard InChI is InChI=1S/C4H11O4P.H3O4P/c1-2-3-4-8-9(5,6)7;1-5(2,3)4/h2-4H2,1H3,(H2,5,6,7);(H3,1,2,3,4). The predicted molar refractivity (Wildman–Crippen MR) is 47.2 cm³/mol. The molecule has 0 amide bonds. The Morgan fingerprint density at radius 3 is 1.64 bits per heavy atom. The molecule has 0 heterocycles. The molecule has 0 aromatic heterocycles. The second kappa shape index (κ2) is 7.50. The van der Waals surface area contributed by atoms with E-state index >= 15 is 0 Å². The van der Waals surface area contributed by atoms with Crippen LogP contribution in [0, 0.1) is 0 Å². The van der Waals surface area contributed by atoms with E-state index in [1.807, 2.05) is 6.92 Å². The van der Waals surface area contributed by atoms with Gasteiger partial charge in [0.25, 0.3) is 0 Å². The van der Waals surface area contributed by atoms with Crippen LogP contribution in [0.1, 0.15) is 19.8 Å². The van der Waals surface area contributed by atoms with Crippen LogP contribution in [0.15, 0.2) is 0 Å². The van der Waals surface area contributed by atoms with Crippen LogP contribution in [0.25, 0.3) is 0 Å². The van der Waals surface area contributed by atoms with E-state index in [9.17, 15) is 4.57 Å². The smallest absolute Gasteiger partial charge is 0.303 e. The first-order valence-electron chi connectivity index (χ1n) is 3.54. The van der Waals surface area contributed by atoms with Gasteiger partial charge in [-0.2, -0.15) is 0 Å². The van der Waals surface area contributed by atoms with E-state index in [-0.39, 0.29) is 6.61 Å². The van der Waals surface area contributed by atoms with Gasteiger partial charge in [0.05, 0.1) is 6.61 Å². The van der Waals surface area contributed by atoms with Gasteiger partial charge in [-0.3, -0.25) is 4.52 Å². The molecule has 8 nitrogen and oxygen atoms in total.